The summed E-state index contributed by atoms with van der Waals surface area (Å²) < 4.78 is 5.62. The molecule has 1 aliphatic heterocycles. The van der Waals surface area contributed by atoms with Crippen LogP contribution in [-0.4, -0.2) is 29.8 Å². The van der Waals surface area contributed by atoms with Crippen LogP contribution in [0.15, 0.2) is 29.3 Å². The number of nitrogens with zero attached hydrogens (tertiary/aromatic N) is 1. The van der Waals surface area contributed by atoms with E-state index in [0.29, 0.717) is 32.0 Å². The molecule has 0 bridgehead atoms. The van der Waals surface area contributed by atoms with Crippen molar-refractivity contribution in [2.75, 3.05) is 13.2 Å². The lowest BCUT2D eigenvalue weighted by Crippen LogP contribution is -2.39. The highest BCUT2D eigenvalue weighted by Crippen LogP contribution is 2.31. The third-order valence-electron chi connectivity index (χ3n) is 4.14. The van der Waals surface area contributed by atoms with Gasteiger partial charge >= 0.3 is 0 Å². The predicted octanol–water partition coefficient (Wildman–Crippen LogP) is 1.97. The van der Waals surface area contributed by atoms with Gasteiger partial charge in [0.25, 0.3) is 0 Å². The first-order valence-electron chi connectivity index (χ1n) is 7.58. The Morgan fingerprint density at radius 1 is 1.43 bits per heavy atom. The number of fused-ring (bicyclic) bond motifs is 1. The minimum absolute atomic E-state index is 0.107. The van der Waals surface area contributed by atoms with Gasteiger partial charge in [-0.25, -0.2) is 0 Å². The first-order valence-corrected chi connectivity index (χ1v) is 7.58. The number of nitrogens with one attached hydrogen (secondary N) is 1. The predicted molar refractivity (Wildman–Crippen MR) is 84.5 cm³/mol. The normalized spacial score (nSPS) is 18.8. The van der Waals surface area contributed by atoms with Gasteiger partial charge in [-0.1, -0.05) is 32.0 Å². The summed E-state index contributed by atoms with van der Waals surface area (Å²) in [6.45, 7) is 4.90. The molecular formula is C16H25N3O2. The van der Waals surface area contributed by atoms with Crippen LogP contribution in [0, 0.1) is 0 Å². The number of aliphatic imine (C=N–C) groups is 1. The molecule has 0 saturated carbocycles. The number of guanidine groups is 1. The smallest absolute Gasteiger partial charge is 0.189 e. The van der Waals surface area contributed by atoms with Gasteiger partial charge in [-0.2, -0.15) is 0 Å². The second kappa shape index (κ2) is 6.80. The molecule has 0 radical (unpaired) electrons. The van der Waals surface area contributed by atoms with Crippen molar-refractivity contribution in [3.63, 3.8) is 0 Å². The van der Waals surface area contributed by atoms with Crippen molar-refractivity contribution < 1.29 is 9.84 Å². The molecule has 1 aliphatic rings. The average molecular weight is 291 g/mol. The van der Waals surface area contributed by atoms with Crippen LogP contribution in [0.25, 0.3) is 0 Å². The number of ether oxygens (including phenoxy) is 1. The van der Waals surface area contributed by atoms with E-state index < -0.39 is 5.60 Å². The molecule has 2 rings (SSSR count). The van der Waals surface area contributed by atoms with E-state index in [-0.39, 0.29) is 6.04 Å². The van der Waals surface area contributed by atoms with Gasteiger partial charge in [-0.3, -0.25) is 4.99 Å². The van der Waals surface area contributed by atoms with Crippen molar-refractivity contribution >= 4 is 5.96 Å². The van der Waals surface area contributed by atoms with Gasteiger partial charge in [0.05, 0.1) is 24.8 Å². The first-order chi connectivity index (χ1) is 10.1. The summed E-state index contributed by atoms with van der Waals surface area (Å²) in [5.74, 6) is 1.27. The van der Waals surface area contributed by atoms with Crippen LogP contribution in [0.1, 0.15) is 44.7 Å². The number of nitrogens with two attached hydrogens (primary N) is 1. The molecule has 1 aromatic rings. The maximum atomic E-state index is 10.2. The van der Waals surface area contributed by atoms with Gasteiger partial charge in [0.2, 0.25) is 0 Å². The topological polar surface area (TPSA) is 79.9 Å². The SMILES string of the molecule is CCC(O)(CC)CN=C(N)NC1CCOc2ccccc21. The molecule has 1 atom stereocenters. The second-order valence-electron chi connectivity index (χ2n) is 5.50. The Bertz CT molecular complexity index is 498. The Hall–Kier alpha value is -1.75. The Morgan fingerprint density at radius 3 is 2.86 bits per heavy atom. The molecule has 0 aliphatic carbocycles. The molecule has 1 heterocycles. The third-order valence-corrected chi connectivity index (χ3v) is 4.14. The Labute approximate surface area is 126 Å². The van der Waals surface area contributed by atoms with Crippen molar-refractivity contribution in [1.82, 2.24) is 5.32 Å². The maximum Gasteiger partial charge on any atom is 0.189 e. The van der Waals surface area contributed by atoms with Crippen molar-refractivity contribution in [3.05, 3.63) is 29.8 Å². The first kappa shape index (κ1) is 15.6. The molecule has 0 saturated heterocycles. The van der Waals surface area contributed by atoms with Gasteiger partial charge in [0.15, 0.2) is 5.96 Å². The molecule has 116 valence electrons. The fraction of sp³-hybridized carbons (Fsp3) is 0.562. The average Bonchev–Trinajstić information content (AvgIpc) is 2.53. The van der Waals surface area contributed by atoms with Crippen LogP contribution in [0.3, 0.4) is 0 Å². The largest absolute Gasteiger partial charge is 0.493 e. The molecule has 0 spiro atoms. The quantitative estimate of drug-likeness (QED) is 0.572. The molecule has 1 unspecified atom stereocenters. The van der Waals surface area contributed by atoms with Crippen molar-refractivity contribution in [2.24, 2.45) is 10.7 Å². The number of aliphatic hydroxyl groups is 1. The van der Waals surface area contributed by atoms with E-state index >= 15 is 0 Å². The Kier molecular flexibility index (Phi) is 5.07. The fourth-order valence-corrected chi connectivity index (χ4v) is 2.42. The van der Waals surface area contributed by atoms with Gasteiger partial charge < -0.3 is 20.9 Å². The highest BCUT2D eigenvalue weighted by molar-refractivity contribution is 5.78. The molecular weight excluding hydrogens is 266 g/mol. The van der Waals surface area contributed by atoms with E-state index in [1.807, 2.05) is 38.1 Å². The summed E-state index contributed by atoms with van der Waals surface area (Å²) in [7, 11) is 0. The lowest BCUT2D eigenvalue weighted by Gasteiger charge is -2.27. The van der Waals surface area contributed by atoms with Crippen LogP contribution in [0.4, 0.5) is 0 Å². The van der Waals surface area contributed by atoms with Crippen molar-refractivity contribution in [3.8, 4) is 5.75 Å². The highest BCUT2D eigenvalue weighted by atomic mass is 16.5. The van der Waals surface area contributed by atoms with Gasteiger partial charge in [0.1, 0.15) is 5.75 Å². The third kappa shape index (κ3) is 3.88. The molecule has 5 heteroatoms. The van der Waals surface area contributed by atoms with Crippen LogP contribution in [0.5, 0.6) is 5.75 Å². The lowest BCUT2D eigenvalue weighted by atomic mass is 9.98. The Balaban J connectivity index is 2.02. The van der Waals surface area contributed by atoms with E-state index in [1.54, 1.807) is 0 Å². The minimum Gasteiger partial charge on any atom is -0.493 e. The van der Waals surface area contributed by atoms with Crippen molar-refractivity contribution in [1.29, 1.82) is 0 Å². The lowest BCUT2D eigenvalue weighted by molar-refractivity contribution is 0.0418. The number of benzene rings is 1. The van der Waals surface area contributed by atoms with Crippen LogP contribution >= 0.6 is 0 Å². The zero-order chi connectivity index (χ0) is 15.3. The highest BCUT2D eigenvalue weighted by Gasteiger charge is 2.23. The van der Waals surface area contributed by atoms with E-state index in [1.165, 1.54) is 0 Å². The van der Waals surface area contributed by atoms with E-state index in [9.17, 15) is 5.11 Å². The summed E-state index contributed by atoms with van der Waals surface area (Å²) in [4.78, 5) is 4.30. The summed E-state index contributed by atoms with van der Waals surface area (Å²) >= 11 is 0. The summed E-state index contributed by atoms with van der Waals surface area (Å²) in [5, 5.41) is 13.5. The molecule has 0 amide bonds. The number of hydrogen-bond acceptors (Lipinski definition) is 3. The van der Waals surface area contributed by atoms with E-state index in [4.69, 9.17) is 10.5 Å². The molecule has 0 aromatic heterocycles. The minimum atomic E-state index is -0.764. The molecule has 0 fully saturated rings. The van der Waals surface area contributed by atoms with Gasteiger partial charge in [0, 0.05) is 12.0 Å². The van der Waals surface area contributed by atoms with Crippen molar-refractivity contribution in [2.45, 2.75) is 44.8 Å². The summed E-state index contributed by atoms with van der Waals surface area (Å²) in [6.07, 6.45) is 2.18. The Morgan fingerprint density at radius 2 is 2.14 bits per heavy atom. The van der Waals surface area contributed by atoms with Crippen LogP contribution in [0.2, 0.25) is 0 Å². The molecule has 1 aromatic carbocycles. The van der Waals surface area contributed by atoms with E-state index in [0.717, 1.165) is 17.7 Å². The van der Waals surface area contributed by atoms with Crippen LogP contribution < -0.4 is 15.8 Å². The van der Waals surface area contributed by atoms with Crippen LogP contribution in [-0.2, 0) is 0 Å². The maximum absolute atomic E-state index is 10.2. The standard InChI is InChI=1S/C16H25N3O2/c1-3-16(20,4-2)11-18-15(17)19-13-9-10-21-14-8-6-5-7-12(13)14/h5-8,13,20H,3-4,9-11H2,1-2H3,(H3,17,18,19). The zero-order valence-corrected chi connectivity index (χ0v) is 12.8. The number of hydrogen-bond donors (Lipinski definition) is 3. The number of para-hydroxylation sites is 1. The molecule has 5 nitrogen and oxygen atoms in total. The molecule has 21 heavy (non-hydrogen) atoms. The van der Waals surface area contributed by atoms with Gasteiger partial charge in [-0.05, 0) is 18.9 Å². The monoisotopic (exact) mass is 291 g/mol. The number of rotatable bonds is 5. The van der Waals surface area contributed by atoms with Gasteiger partial charge in [-0.15, -0.1) is 0 Å². The van der Waals surface area contributed by atoms with E-state index in [2.05, 4.69) is 10.3 Å². The second-order valence-corrected chi connectivity index (χ2v) is 5.50. The molecule has 4 N–H and O–H groups in total. The summed E-state index contributed by atoms with van der Waals surface area (Å²) in [5.41, 5.74) is 6.30. The summed E-state index contributed by atoms with van der Waals surface area (Å²) in [6, 6.07) is 8.05. The zero-order valence-electron chi connectivity index (χ0n) is 12.8. The fourth-order valence-electron chi connectivity index (χ4n) is 2.42.